The molecule has 3 rings (SSSR count). The lowest BCUT2D eigenvalue weighted by Gasteiger charge is -2.11. The minimum atomic E-state index is -0.0117. The molecule has 1 N–H and O–H groups in total. The third kappa shape index (κ3) is 2.54. The first-order valence-corrected chi connectivity index (χ1v) is 7.80. The van der Waals surface area contributed by atoms with Gasteiger partial charge >= 0.3 is 0 Å². The predicted molar refractivity (Wildman–Crippen MR) is 83.0 cm³/mol. The van der Waals surface area contributed by atoms with Crippen LogP contribution in [0, 0.1) is 0 Å². The van der Waals surface area contributed by atoms with Crippen LogP contribution in [-0.2, 0) is 4.79 Å². The topological polar surface area (TPSA) is 61.4 Å². The average molecular weight is 304 g/mol. The molecule has 3 heterocycles. The molecule has 0 saturated carbocycles. The Morgan fingerprint density at radius 3 is 3.10 bits per heavy atom. The summed E-state index contributed by atoms with van der Waals surface area (Å²) in [6.07, 6.45) is 5.39. The van der Waals surface area contributed by atoms with Crippen LogP contribution in [-0.4, -0.2) is 32.5 Å². The third-order valence-corrected chi connectivity index (χ3v) is 4.40. The molecule has 1 aliphatic rings. The Morgan fingerprint density at radius 2 is 2.45 bits per heavy atom. The molecular weight excluding hydrogens is 292 g/mol. The second-order valence-corrected chi connectivity index (χ2v) is 5.88. The molecule has 0 bridgehead atoms. The summed E-state index contributed by atoms with van der Waals surface area (Å²) in [6, 6.07) is 3.83. The number of aromatic amines is 1. The fourth-order valence-electron chi connectivity index (χ4n) is 1.80. The van der Waals surface area contributed by atoms with Crippen molar-refractivity contribution in [3.8, 4) is 0 Å². The number of amidine groups is 1. The van der Waals surface area contributed by atoms with Crippen molar-refractivity contribution in [3.05, 3.63) is 40.5 Å². The van der Waals surface area contributed by atoms with E-state index in [9.17, 15) is 4.79 Å². The number of likely N-dealkylation sites (N-methyl/N-ethyl adjacent to an activating group) is 1. The van der Waals surface area contributed by atoms with Gasteiger partial charge in [-0.3, -0.25) is 9.69 Å². The van der Waals surface area contributed by atoms with Crippen molar-refractivity contribution in [2.24, 2.45) is 4.99 Å². The van der Waals surface area contributed by atoms with Gasteiger partial charge in [-0.05, 0) is 36.9 Å². The van der Waals surface area contributed by atoms with E-state index in [0.717, 1.165) is 5.69 Å². The van der Waals surface area contributed by atoms with Crippen molar-refractivity contribution >= 4 is 45.4 Å². The van der Waals surface area contributed by atoms with E-state index in [4.69, 9.17) is 0 Å². The highest BCUT2D eigenvalue weighted by Crippen LogP contribution is 2.33. The predicted octanol–water partition coefficient (Wildman–Crippen LogP) is 3.10. The van der Waals surface area contributed by atoms with Crippen molar-refractivity contribution in [1.82, 2.24) is 14.9 Å². The van der Waals surface area contributed by atoms with E-state index in [-0.39, 0.29) is 5.91 Å². The Bertz CT molecular complexity index is 659. The number of hydrogen-bond donors (Lipinski definition) is 1. The number of carbonyl (C=O) groups excluding carboxylic acids is 1. The highest BCUT2D eigenvalue weighted by molar-refractivity contribution is 8.18. The SMILES string of the molecule is CCN1C(=O)/C(=C\c2ccc[nH]2)S/C1=N/c1nccs1. The molecule has 1 aliphatic heterocycles. The Morgan fingerprint density at radius 1 is 1.55 bits per heavy atom. The molecule has 0 radical (unpaired) electrons. The van der Waals surface area contributed by atoms with Gasteiger partial charge in [0.25, 0.3) is 5.91 Å². The summed E-state index contributed by atoms with van der Waals surface area (Å²) in [5.41, 5.74) is 0.910. The normalized spacial score (nSPS) is 19.4. The van der Waals surface area contributed by atoms with Gasteiger partial charge in [-0.25, -0.2) is 4.98 Å². The number of aliphatic imine (C=N–C) groups is 1. The van der Waals surface area contributed by atoms with Gasteiger partial charge in [0.15, 0.2) is 5.17 Å². The maximum Gasteiger partial charge on any atom is 0.266 e. The monoisotopic (exact) mass is 304 g/mol. The number of rotatable bonds is 3. The number of aromatic nitrogens is 2. The Hall–Kier alpha value is -1.86. The van der Waals surface area contributed by atoms with Gasteiger partial charge in [-0.2, -0.15) is 4.99 Å². The van der Waals surface area contributed by atoms with Crippen LogP contribution in [0.1, 0.15) is 12.6 Å². The largest absolute Gasteiger partial charge is 0.362 e. The molecule has 7 heteroatoms. The number of amides is 1. The zero-order chi connectivity index (χ0) is 13.9. The van der Waals surface area contributed by atoms with E-state index in [0.29, 0.717) is 21.7 Å². The molecule has 0 atom stereocenters. The minimum absolute atomic E-state index is 0.0117. The summed E-state index contributed by atoms with van der Waals surface area (Å²) in [6.45, 7) is 2.53. The zero-order valence-electron chi connectivity index (χ0n) is 10.7. The van der Waals surface area contributed by atoms with Crippen molar-refractivity contribution in [2.45, 2.75) is 6.92 Å². The van der Waals surface area contributed by atoms with Crippen LogP contribution in [0.3, 0.4) is 0 Å². The van der Waals surface area contributed by atoms with Gasteiger partial charge in [0.2, 0.25) is 5.13 Å². The van der Waals surface area contributed by atoms with Crippen LogP contribution < -0.4 is 0 Å². The number of carbonyl (C=O) groups is 1. The lowest BCUT2D eigenvalue weighted by Crippen LogP contribution is -2.28. The summed E-state index contributed by atoms with van der Waals surface area (Å²) in [7, 11) is 0. The van der Waals surface area contributed by atoms with E-state index in [1.807, 2.05) is 36.7 Å². The van der Waals surface area contributed by atoms with E-state index in [2.05, 4.69) is 15.0 Å². The van der Waals surface area contributed by atoms with Crippen LogP contribution in [0.5, 0.6) is 0 Å². The molecule has 5 nitrogen and oxygen atoms in total. The maximum atomic E-state index is 12.3. The molecule has 0 spiro atoms. The lowest BCUT2D eigenvalue weighted by molar-refractivity contribution is -0.122. The summed E-state index contributed by atoms with van der Waals surface area (Å²) in [5, 5.41) is 3.22. The first-order valence-electron chi connectivity index (χ1n) is 6.11. The van der Waals surface area contributed by atoms with Crippen molar-refractivity contribution < 1.29 is 4.79 Å². The van der Waals surface area contributed by atoms with Gasteiger partial charge in [0.05, 0.1) is 4.91 Å². The van der Waals surface area contributed by atoms with Crippen molar-refractivity contribution in [2.75, 3.05) is 6.54 Å². The smallest absolute Gasteiger partial charge is 0.266 e. The third-order valence-electron chi connectivity index (χ3n) is 2.72. The van der Waals surface area contributed by atoms with Gasteiger partial charge in [-0.1, -0.05) is 0 Å². The van der Waals surface area contributed by atoms with E-state index in [1.54, 1.807) is 11.1 Å². The first-order chi connectivity index (χ1) is 9.78. The lowest BCUT2D eigenvalue weighted by atomic mass is 10.3. The summed E-state index contributed by atoms with van der Waals surface area (Å²) in [4.78, 5) is 26.3. The quantitative estimate of drug-likeness (QED) is 0.886. The van der Waals surface area contributed by atoms with Crippen LogP contribution >= 0.6 is 23.1 Å². The number of thioether (sulfide) groups is 1. The van der Waals surface area contributed by atoms with Gasteiger partial charge < -0.3 is 4.98 Å². The molecule has 2 aromatic heterocycles. The Balaban J connectivity index is 1.92. The number of nitrogens with one attached hydrogen (secondary N) is 1. The van der Waals surface area contributed by atoms with Gasteiger partial charge in [0.1, 0.15) is 0 Å². The standard InChI is InChI=1S/C13H12N4OS2/c1-2-17-11(18)10(8-9-4-3-5-14-9)20-13(17)16-12-15-6-7-19-12/h3-8,14H,2H2,1H3/b10-8+,16-13+. The van der Waals surface area contributed by atoms with Crippen LogP contribution in [0.2, 0.25) is 0 Å². The fraction of sp³-hybridized carbons (Fsp3) is 0.154. The number of H-pyrrole nitrogens is 1. The van der Waals surface area contributed by atoms with Crippen LogP contribution in [0.25, 0.3) is 6.08 Å². The molecule has 0 aromatic carbocycles. The van der Waals surface area contributed by atoms with Crippen molar-refractivity contribution in [1.29, 1.82) is 0 Å². The molecule has 20 heavy (non-hydrogen) atoms. The Labute approximate surface area is 124 Å². The molecule has 1 saturated heterocycles. The second kappa shape index (κ2) is 5.64. The summed E-state index contributed by atoms with van der Waals surface area (Å²) < 4.78 is 0. The second-order valence-electron chi connectivity index (χ2n) is 3.99. The summed E-state index contributed by atoms with van der Waals surface area (Å²) >= 11 is 2.84. The maximum absolute atomic E-state index is 12.3. The number of nitrogens with zero attached hydrogens (tertiary/aromatic N) is 3. The van der Waals surface area contributed by atoms with Crippen molar-refractivity contribution in [3.63, 3.8) is 0 Å². The zero-order valence-corrected chi connectivity index (χ0v) is 12.4. The Kier molecular flexibility index (Phi) is 3.70. The average Bonchev–Trinajstić information content (AvgIpc) is 3.15. The highest BCUT2D eigenvalue weighted by atomic mass is 32.2. The molecule has 102 valence electrons. The summed E-state index contributed by atoms with van der Waals surface area (Å²) in [5.74, 6) is -0.0117. The molecule has 1 fully saturated rings. The minimum Gasteiger partial charge on any atom is -0.362 e. The first kappa shape index (κ1) is 13.1. The number of thiazole rings is 1. The van der Waals surface area contributed by atoms with Gasteiger partial charge in [-0.15, -0.1) is 11.3 Å². The van der Waals surface area contributed by atoms with E-state index < -0.39 is 0 Å². The highest BCUT2D eigenvalue weighted by Gasteiger charge is 2.32. The van der Waals surface area contributed by atoms with E-state index >= 15 is 0 Å². The van der Waals surface area contributed by atoms with Crippen LogP contribution in [0.15, 0.2) is 39.8 Å². The number of hydrogen-bond acceptors (Lipinski definition) is 5. The molecule has 0 unspecified atom stereocenters. The van der Waals surface area contributed by atoms with Crippen LogP contribution in [0.4, 0.5) is 5.13 Å². The molecule has 2 aromatic rings. The fourth-order valence-corrected chi connectivity index (χ4v) is 3.39. The molecule has 0 aliphatic carbocycles. The van der Waals surface area contributed by atoms with E-state index in [1.165, 1.54) is 23.1 Å². The molecule has 1 amide bonds. The van der Waals surface area contributed by atoms with Gasteiger partial charge in [0, 0.05) is 30.0 Å². The molecular formula is C13H12N4OS2.